The van der Waals surface area contributed by atoms with E-state index in [0.29, 0.717) is 0 Å². The molecule has 0 saturated heterocycles. The van der Waals surface area contributed by atoms with Crippen molar-refractivity contribution in [3.63, 3.8) is 0 Å². The third-order valence-corrected chi connectivity index (χ3v) is 4.47. The summed E-state index contributed by atoms with van der Waals surface area (Å²) in [6, 6.07) is 11.3. The van der Waals surface area contributed by atoms with E-state index in [1.165, 1.54) is 11.8 Å². The Morgan fingerprint density at radius 2 is 2.07 bits per heavy atom. The van der Waals surface area contributed by atoms with Gasteiger partial charge in [-0.15, -0.1) is 0 Å². The fourth-order valence-corrected chi connectivity index (χ4v) is 2.77. The number of ether oxygens (including phenoxy) is 2. The van der Waals surface area contributed by atoms with Crippen LogP contribution >= 0.6 is 0 Å². The van der Waals surface area contributed by atoms with Gasteiger partial charge in [-0.25, -0.2) is 9.48 Å². The van der Waals surface area contributed by atoms with Gasteiger partial charge in [-0.3, -0.25) is 4.79 Å². The van der Waals surface area contributed by atoms with Gasteiger partial charge >= 0.3 is 5.97 Å². The monoisotopic (exact) mass is 368 g/mol. The second-order valence-electron chi connectivity index (χ2n) is 6.54. The molecule has 1 aliphatic carbocycles. The number of amides is 1. The van der Waals surface area contributed by atoms with Crippen LogP contribution in [0.2, 0.25) is 0 Å². The fourth-order valence-electron chi connectivity index (χ4n) is 2.77. The molecule has 27 heavy (non-hydrogen) atoms. The summed E-state index contributed by atoms with van der Waals surface area (Å²) in [6.45, 7) is 1.18. The van der Waals surface area contributed by atoms with Gasteiger partial charge in [0.15, 0.2) is 12.4 Å². The number of methoxy groups -OCH3 is 1. The average molecular weight is 368 g/mol. The van der Waals surface area contributed by atoms with Crippen molar-refractivity contribution in [2.75, 3.05) is 13.7 Å². The van der Waals surface area contributed by atoms with Crippen molar-refractivity contribution < 1.29 is 19.1 Å². The van der Waals surface area contributed by atoms with Gasteiger partial charge < -0.3 is 14.8 Å². The van der Waals surface area contributed by atoms with Gasteiger partial charge in [0, 0.05) is 0 Å². The molecule has 1 N–H and O–H groups in total. The highest BCUT2D eigenvalue weighted by Gasteiger charge is 2.43. The van der Waals surface area contributed by atoms with Gasteiger partial charge in [-0.2, -0.15) is 10.4 Å². The topological polar surface area (TPSA) is 106 Å². The number of esters is 1. The first-order valence-electron chi connectivity index (χ1n) is 8.55. The standard InChI is InChI=1S/C19H20N4O4/c1-19(12-20,13-8-9-13)21-16(24)11-27-18(25)17-15(26-2)10-23(22-17)14-6-4-3-5-7-14/h3-7,10,13H,8-9,11H2,1-2H3,(H,21,24)/t19-/m1/s1. The van der Waals surface area contributed by atoms with Crippen molar-refractivity contribution in [2.24, 2.45) is 5.92 Å². The lowest BCUT2D eigenvalue weighted by atomic mass is 9.98. The van der Waals surface area contributed by atoms with E-state index in [0.717, 1.165) is 18.5 Å². The SMILES string of the molecule is COc1cn(-c2ccccc2)nc1C(=O)OCC(=O)N[C@](C)(C#N)C1CC1. The van der Waals surface area contributed by atoms with E-state index in [4.69, 9.17) is 9.47 Å². The molecular weight excluding hydrogens is 348 g/mol. The van der Waals surface area contributed by atoms with Gasteiger partial charge in [0.1, 0.15) is 5.54 Å². The molecule has 1 fully saturated rings. The maximum absolute atomic E-state index is 12.3. The number of nitrogens with one attached hydrogen (secondary N) is 1. The Balaban J connectivity index is 1.65. The lowest BCUT2D eigenvalue weighted by molar-refractivity contribution is -0.125. The van der Waals surface area contributed by atoms with Gasteiger partial charge in [0.2, 0.25) is 5.69 Å². The minimum Gasteiger partial charge on any atom is -0.493 e. The number of rotatable bonds is 7. The van der Waals surface area contributed by atoms with Crippen molar-refractivity contribution in [1.29, 1.82) is 5.26 Å². The second kappa shape index (κ2) is 7.50. The molecule has 1 atom stereocenters. The van der Waals surface area contributed by atoms with Crippen LogP contribution in [-0.2, 0) is 9.53 Å². The summed E-state index contributed by atoms with van der Waals surface area (Å²) in [5.74, 6) is -0.921. The molecule has 1 heterocycles. The van der Waals surface area contributed by atoms with Crippen LogP contribution in [0.4, 0.5) is 0 Å². The Hall–Kier alpha value is -3.34. The largest absolute Gasteiger partial charge is 0.493 e. The van der Waals surface area contributed by atoms with E-state index in [9.17, 15) is 14.9 Å². The van der Waals surface area contributed by atoms with E-state index in [2.05, 4.69) is 16.5 Å². The molecule has 8 heteroatoms. The van der Waals surface area contributed by atoms with Crippen LogP contribution in [0.5, 0.6) is 5.75 Å². The lowest BCUT2D eigenvalue weighted by Gasteiger charge is -2.22. The zero-order valence-electron chi connectivity index (χ0n) is 15.1. The number of nitriles is 1. The van der Waals surface area contributed by atoms with Crippen molar-refractivity contribution in [2.45, 2.75) is 25.3 Å². The molecule has 1 aromatic heterocycles. The first kappa shape index (κ1) is 18.5. The van der Waals surface area contributed by atoms with Crippen molar-refractivity contribution in [3.8, 4) is 17.5 Å². The number of benzene rings is 1. The average Bonchev–Trinajstić information content (AvgIpc) is 3.46. The van der Waals surface area contributed by atoms with E-state index in [1.54, 1.807) is 13.1 Å². The third-order valence-electron chi connectivity index (χ3n) is 4.47. The van der Waals surface area contributed by atoms with E-state index in [-0.39, 0.29) is 17.4 Å². The number of hydrogen-bond donors (Lipinski definition) is 1. The Kier molecular flexibility index (Phi) is 5.12. The number of nitrogens with zero attached hydrogens (tertiary/aromatic N) is 3. The summed E-state index contributed by atoms with van der Waals surface area (Å²) in [4.78, 5) is 24.4. The maximum Gasteiger partial charge on any atom is 0.363 e. The van der Waals surface area contributed by atoms with Gasteiger partial charge in [0.05, 0.1) is 25.1 Å². The highest BCUT2D eigenvalue weighted by atomic mass is 16.5. The van der Waals surface area contributed by atoms with Crippen molar-refractivity contribution in [3.05, 3.63) is 42.2 Å². The minimum atomic E-state index is -0.934. The number of para-hydroxylation sites is 1. The Morgan fingerprint density at radius 1 is 1.37 bits per heavy atom. The Morgan fingerprint density at radius 3 is 2.67 bits per heavy atom. The summed E-state index contributed by atoms with van der Waals surface area (Å²) >= 11 is 0. The van der Waals surface area contributed by atoms with Crippen LogP contribution in [0.25, 0.3) is 5.69 Å². The quantitative estimate of drug-likeness (QED) is 0.748. The zero-order valence-corrected chi connectivity index (χ0v) is 15.1. The van der Waals surface area contributed by atoms with Crippen LogP contribution in [0.15, 0.2) is 36.5 Å². The van der Waals surface area contributed by atoms with E-state index < -0.39 is 24.0 Å². The second-order valence-corrected chi connectivity index (χ2v) is 6.54. The van der Waals surface area contributed by atoms with E-state index in [1.807, 2.05) is 30.3 Å². The molecule has 8 nitrogen and oxygen atoms in total. The summed E-state index contributed by atoms with van der Waals surface area (Å²) in [6.07, 6.45) is 3.36. The lowest BCUT2D eigenvalue weighted by Crippen LogP contribution is -2.48. The molecule has 0 unspecified atom stereocenters. The molecule has 2 aromatic rings. The number of hydrogen-bond acceptors (Lipinski definition) is 6. The molecule has 1 saturated carbocycles. The molecular formula is C19H20N4O4. The molecule has 1 aromatic carbocycles. The summed E-state index contributed by atoms with van der Waals surface area (Å²) in [5, 5.41) is 16.1. The summed E-state index contributed by atoms with van der Waals surface area (Å²) in [5.41, 5.74) is -0.211. The normalized spacial score (nSPS) is 15.3. The highest BCUT2D eigenvalue weighted by molar-refractivity contribution is 5.92. The molecule has 0 bridgehead atoms. The van der Waals surface area contributed by atoms with Crippen LogP contribution in [0, 0.1) is 17.2 Å². The number of carbonyl (C=O) groups excluding carboxylic acids is 2. The Bertz CT molecular complexity index is 883. The smallest absolute Gasteiger partial charge is 0.363 e. The molecule has 0 spiro atoms. The number of aromatic nitrogens is 2. The predicted molar refractivity (Wildman–Crippen MR) is 95.3 cm³/mol. The van der Waals surface area contributed by atoms with E-state index >= 15 is 0 Å². The predicted octanol–water partition coefficient (Wildman–Crippen LogP) is 1.85. The van der Waals surface area contributed by atoms with Gasteiger partial charge in [-0.05, 0) is 37.8 Å². The molecule has 0 radical (unpaired) electrons. The first-order chi connectivity index (χ1) is 13.0. The van der Waals surface area contributed by atoms with Crippen LogP contribution in [-0.4, -0.2) is 40.9 Å². The number of carbonyl (C=O) groups is 2. The highest BCUT2D eigenvalue weighted by Crippen LogP contribution is 2.39. The molecule has 1 amide bonds. The van der Waals surface area contributed by atoms with Gasteiger partial charge in [0.25, 0.3) is 5.91 Å². The zero-order chi connectivity index (χ0) is 19.4. The van der Waals surface area contributed by atoms with Crippen LogP contribution in [0.1, 0.15) is 30.3 Å². The van der Waals surface area contributed by atoms with Crippen LogP contribution in [0.3, 0.4) is 0 Å². The van der Waals surface area contributed by atoms with Crippen molar-refractivity contribution >= 4 is 11.9 Å². The summed E-state index contributed by atoms with van der Waals surface area (Å²) < 4.78 is 11.7. The summed E-state index contributed by atoms with van der Waals surface area (Å²) in [7, 11) is 1.42. The third kappa shape index (κ3) is 4.08. The molecule has 0 aliphatic heterocycles. The fraction of sp³-hybridized carbons (Fsp3) is 0.368. The molecule has 3 rings (SSSR count). The molecule has 1 aliphatic rings. The van der Waals surface area contributed by atoms with Gasteiger partial charge in [-0.1, -0.05) is 18.2 Å². The maximum atomic E-state index is 12.3. The Labute approximate surface area is 156 Å². The minimum absolute atomic E-state index is 0.0283. The van der Waals surface area contributed by atoms with Crippen LogP contribution < -0.4 is 10.1 Å². The first-order valence-corrected chi connectivity index (χ1v) is 8.55. The molecule has 140 valence electrons. The van der Waals surface area contributed by atoms with Crippen molar-refractivity contribution in [1.82, 2.24) is 15.1 Å².